The molecule has 0 saturated carbocycles. The first kappa shape index (κ1) is 17.3. The van der Waals surface area contributed by atoms with Crippen molar-refractivity contribution < 1.29 is 0 Å². The van der Waals surface area contributed by atoms with Gasteiger partial charge in [0.25, 0.3) is 0 Å². The van der Waals surface area contributed by atoms with Gasteiger partial charge in [0, 0.05) is 25.4 Å². The number of benzene rings is 3. The van der Waals surface area contributed by atoms with Crippen LogP contribution < -0.4 is 0 Å². The van der Waals surface area contributed by atoms with E-state index >= 15 is 0 Å². The first-order chi connectivity index (χ1) is 12.6. The van der Waals surface area contributed by atoms with Crippen molar-refractivity contribution in [3.8, 4) is 0 Å². The van der Waals surface area contributed by atoms with Crippen LogP contribution in [0.15, 0.2) is 88.3 Å². The van der Waals surface area contributed by atoms with Gasteiger partial charge in [0.15, 0.2) is 0 Å². The van der Waals surface area contributed by atoms with Gasteiger partial charge in [-0.15, -0.1) is 0 Å². The fraction of sp³-hybridized carbons (Fsp3) is 0.0435. The Morgan fingerprint density at radius 2 is 1.38 bits per heavy atom. The van der Waals surface area contributed by atoms with Crippen LogP contribution in [0.3, 0.4) is 0 Å². The zero-order valence-electron chi connectivity index (χ0n) is 14.3. The van der Waals surface area contributed by atoms with Gasteiger partial charge in [-0.2, -0.15) is 0 Å². The smallest absolute Gasteiger partial charge is 0.0541 e. The van der Waals surface area contributed by atoms with Gasteiger partial charge >= 0.3 is 0 Å². The van der Waals surface area contributed by atoms with Gasteiger partial charge in [-0.05, 0) is 60.5 Å². The lowest BCUT2D eigenvalue weighted by Crippen LogP contribution is -1.97. The maximum absolute atomic E-state index is 4.12. The number of nitrogens with zero attached hydrogens (tertiary/aromatic N) is 1. The molecule has 0 unspecified atom stereocenters. The third-order valence-corrected chi connectivity index (χ3v) is 5.70. The Bertz CT molecular complexity index is 1110. The molecule has 1 heterocycles. The van der Waals surface area contributed by atoms with E-state index in [1.165, 1.54) is 32.9 Å². The zero-order valence-corrected chi connectivity index (χ0v) is 17.5. The van der Waals surface area contributed by atoms with E-state index < -0.39 is 0 Å². The van der Waals surface area contributed by atoms with E-state index in [0.717, 1.165) is 14.6 Å². The molecule has 0 radical (unpaired) electrons. The van der Waals surface area contributed by atoms with E-state index in [4.69, 9.17) is 0 Å². The van der Waals surface area contributed by atoms with Crippen LogP contribution in [-0.4, -0.2) is 4.57 Å². The van der Waals surface area contributed by atoms with E-state index in [2.05, 4.69) is 111 Å². The van der Waals surface area contributed by atoms with Crippen LogP contribution in [0.25, 0.3) is 33.1 Å². The summed E-state index contributed by atoms with van der Waals surface area (Å²) >= 11 is 7.23. The summed E-state index contributed by atoms with van der Waals surface area (Å²) in [4.78, 5) is 0. The second kappa shape index (κ2) is 6.90. The normalized spacial score (nSPS) is 12.4. The lowest BCUT2D eigenvalue weighted by Gasteiger charge is -2.13. The van der Waals surface area contributed by atoms with Crippen molar-refractivity contribution in [2.45, 2.75) is 6.92 Å². The standard InChI is InChI=1S/C23H17Br2N/c1-3-21(15(2)16-7-5-4-6-8-16)26-22-11-9-17(24)13-19(22)20-14-18(25)10-12-23(20)26/h3-14H,1H2,2H3/b21-15-. The van der Waals surface area contributed by atoms with Crippen molar-refractivity contribution in [1.82, 2.24) is 4.57 Å². The number of hydrogen-bond donors (Lipinski definition) is 0. The Morgan fingerprint density at radius 3 is 1.88 bits per heavy atom. The third-order valence-electron chi connectivity index (χ3n) is 4.71. The fourth-order valence-electron chi connectivity index (χ4n) is 3.48. The maximum atomic E-state index is 4.12. The van der Waals surface area contributed by atoms with Gasteiger partial charge in [0.05, 0.1) is 11.0 Å². The van der Waals surface area contributed by atoms with Crippen molar-refractivity contribution in [2.75, 3.05) is 0 Å². The molecule has 26 heavy (non-hydrogen) atoms. The molecule has 0 spiro atoms. The highest BCUT2D eigenvalue weighted by Gasteiger charge is 2.15. The average Bonchev–Trinajstić information content (AvgIpc) is 2.96. The molecule has 0 fully saturated rings. The van der Waals surface area contributed by atoms with Crippen molar-refractivity contribution in [1.29, 1.82) is 0 Å². The number of fused-ring (bicyclic) bond motifs is 3. The van der Waals surface area contributed by atoms with E-state index in [1.807, 2.05) is 12.1 Å². The topological polar surface area (TPSA) is 4.93 Å². The number of allylic oxidation sites excluding steroid dienone is 3. The molecular weight excluding hydrogens is 450 g/mol. The molecule has 4 rings (SSSR count). The Hall–Kier alpha value is -2.10. The molecule has 0 aliphatic carbocycles. The number of aromatic nitrogens is 1. The molecule has 0 aliphatic heterocycles. The van der Waals surface area contributed by atoms with Gasteiger partial charge in [-0.3, -0.25) is 0 Å². The van der Waals surface area contributed by atoms with Crippen molar-refractivity contribution in [2.24, 2.45) is 0 Å². The first-order valence-corrected chi connectivity index (χ1v) is 9.97. The summed E-state index contributed by atoms with van der Waals surface area (Å²) in [6, 6.07) is 23.3. The van der Waals surface area contributed by atoms with Crippen molar-refractivity contribution in [3.05, 3.63) is 93.9 Å². The van der Waals surface area contributed by atoms with Crippen molar-refractivity contribution >= 4 is 64.9 Å². The Balaban J connectivity index is 2.14. The summed E-state index contributed by atoms with van der Waals surface area (Å²) in [7, 11) is 0. The van der Waals surface area contributed by atoms with Crippen LogP contribution in [0.4, 0.5) is 0 Å². The summed E-state index contributed by atoms with van der Waals surface area (Å²) in [5.41, 5.74) is 5.84. The summed E-state index contributed by atoms with van der Waals surface area (Å²) < 4.78 is 4.46. The number of rotatable bonds is 3. The Kier molecular flexibility index (Phi) is 4.60. The minimum Gasteiger partial charge on any atom is -0.309 e. The maximum Gasteiger partial charge on any atom is 0.0541 e. The van der Waals surface area contributed by atoms with E-state index in [0.29, 0.717) is 0 Å². The van der Waals surface area contributed by atoms with Crippen molar-refractivity contribution in [3.63, 3.8) is 0 Å². The molecule has 128 valence electrons. The molecule has 3 aromatic carbocycles. The predicted octanol–water partition coefficient (Wildman–Crippen LogP) is 7.89. The molecule has 0 atom stereocenters. The SMILES string of the molecule is C=C/C(=C(\C)c1ccccc1)n1c2ccc(Br)cc2c2cc(Br)ccc21. The van der Waals surface area contributed by atoms with Crippen LogP contribution in [0.2, 0.25) is 0 Å². The Morgan fingerprint density at radius 1 is 0.846 bits per heavy atom. The van der Waals surface area contributed by atoms with Gasteiger partial charge in [-0.25, -0.2) is 0 Å². The monoisotopic (exact) mass is 465 g/mol. The summed E-state index contributed by atoms with van der Waals surface area (Å²) in [6.45, 7) is 6.27. The minimum absolute atomic E-state index is 1.08. The molecule has 0 aliphatic rings. The predicted molar refractivity (Wildman–Crippen MR) is 120 cm³/mol. The molecule has 0 N–H and O–H groups in total. The third kappa shape index (κ3) is 2.85. The number of halogens is 2. The highest BCUT2D eigenvalue weighted by Crippen LogP contribution is 2.37. The van der Waals surface area contributed by atoms with Crippen LogP contribution in [-0.2, 0) is 0 Å². The van der Waals surface area contributed by atoms with Gasteiger partial charge in [0.1, 0.15) is 0 Å². The zero-order chi connectivity index (χ0) is 18.3. The van der Waals surface area contributed by atoms with Crippen LogP contribution >= 0.6 is 31.9 Å². The van der Waals surface area contributed by atoms with Gasteiger partial charge < -0.3 is 4.57 Å². The summed E-state index contributed by atoms with van der Waals surface area (Å²) in [5.74, 6) is 0. The second-order valence-corrected chi connectivity index (χ2v) is 8.07. The molecule has 0 amide bonds. The van der Waals surface area contributed by atoms with Gasteiger partial charge in [-0.1, -0.05) is 68.8 Å². The molecule has 4 aromatic rings. The average molecular weight is 467 g/mol. The molecule has 3 heteroatoms. The van der Waals surface area contributed by atoms with Crippen LogP contribution in [0, 0.1) is 0 Å². The summed E-state index contributed by atoms with van der Waals surface area (Å²) in [5, 5.41) is 2.44. The molecule has 1 nitrogen and oxygen atoms in total. The highest BCUT2D eigenvalue weighted by molar-refractivity contribution is 9.10. The summed E-state index contributed by atoms with van der Waals surface area (Å²) in [6.07, 6.45) is 1.95. The molecular formula is C23H17Br2N. The number of hydrogen-bond acceptors (Lipinski definition) is 0. The molecule has 1 aromatic heterocycles. The lowest BCUT2D eigenvalue weighted by atomic mass is 10.1. The van der Waals surface area contributed by atoms with Gasteiger partial charge in [0.2, 0.25) is 0 Å². The van der Waals surface area contributed by atoms with Crippen LogP contribution in [0.5, 0.6) is 0 Å². The lowest BCUT2D eigenvalue weighted by molar-refractivity contribution is 1.23. The van der Waals surface area contributed by atoms with E-state index in [1.54, 1.807) is 0 Å². The van der Waals surface area contributed by atoms with Crippen LogP contribution in [0.1, 0.15) is 12.5 Å². The quantitative estimate of drug-likeness (QED) is 0.270. The second-order valence-electron chi connectivity index (χ2n) is 6.24. The Labute approximate surface area is 169 Å². The first-order valence-electron chi connectivity index (χ1n) is 8.38. The fourth-order valence-corrected chi connectivity index (χ4v) is 4.20. The van der Waals surface area contributed by atoms with E-state index in [9.17, 15) is 0 Å². The highest BCUT2D eigenvalue weighted by atomic mass is 79.9. The largest absolute Gasteiger partial charge is 0.309 e. The minimum atomic E-state index is 1.08. The molecule has 0 bridgehead atoms. The van der Waals surface area contributed by atoms with E-state index in [-0.39, 0.29) is 0 Å². The molecule has 0 saturated heterocycles.